The lowest BCUT2D eigenvalue weighted by molar-refractivity contribution is 0.152. The fourth-order valence-corrected chi connectivity index (χ4v) is 3.89. The Morgan fingerprint density at radius 1 is 1.12 bits per heavy atom. The van der Waals surface area contributed by atoms with Gasteiger partial charge in [-0.2, -0.15) is 5.26 Å². The largest absolute Gasteiger partial charge is 0.334 e. The maximum Gasteiger partial charge on any atom is 0.317 e. The SMILES string of the molecule is C[C@H]1CCCCN1Cc1ccc(CNC(=O)N2CCC(C#N)CC2)cc1. The monoisotopic (exact) mass is 354 g/mol. The van der Waals surface area contributed by atoms with Crippen LogP contribution in [-0.2, 0) is 13.1 Å². The molecule has 1 aromatic rings. The number of benzene rings is 1. The number of amides is 2. The van der Waals surface area contributed by atoms with Crippen molar-refractivity contribution in [3.05, 3.63) is 35.4 Å². The molecule has 2 saturated heterocycles. The number of piperidine rings is 2. The number of rotatable bonds is 4. The molecule has 5 heteroatoms. The van der Waals surface area contributed by atoms with Crippen LogP contribution in [0.2, 0.25) is 0 Å². The summed E-state index contributed by atoms with van der Waals surface area (Å²) in [6, 6.07) is 11.5. The second-order valence-corrected chi connectivity index (χ2v) is 7.68. The van der Waals surface area contributed by atoms with Crippen molar-refractivity contribution in [3.63, 3.8) is 0 Å². The predicted molar refractivity (Wildman–Crippen MR) is 102 cm³/mol. The van der Waals surface area contributed by atoms with Crippen LogP contribution in [0.5, 0.6) is 0 Å². The van der Waals surface area contributed by atoms with Crippen molar-refractivity contribution < 1.29 is 4.79 Å². The molecule has 3 rings (SSSR count). The molecule has 2 fully saturated rings. The van der Waals surface area contributed by atoms with Gasteiger partial charge in [-0.15, -0.1) is 0 Å². The highest BCUT2D eigenvalue weighted by atomic mass is 16.2. The predicted octanol–water partition coefficient (Wildman–Crippen LogP) is 3.51. The standard InChI is InChI=1S/C21H30N4O/c1-17-4-2-3-11-25(17)16-20-7-5-19(6-8-20)15-23-21(26)24-12-9-18(14-22)10-13-24/h5-8,17-18H,2-4,9-13,15-16H2,1H3,(H,23,26)/t17-/m0/s1. The molecule has 26 heavy (non-hydrogen) atoms. The third-order valence-electron chi connectivity index (χ3n) is 5.76. The van der Waals surface area contributed by atoms with Gasteiger partial charge in [0.15, 0.2) is 0 Å². The van der Waals surface area contributed by atoms with Gasteiger partial charge in [0.1, 0.15) is 0 Å². The summed E-state index contributed by atoms with van der Waals surface area (Å²) in [7, 11) is 0. The molecule has 0 aliphatic carbocycles. The first-order valence-corrected chi connectivity index (χ1v) is 9.90. The zero-order valence-electron chi connectivity index (χ0n) is 15.8. The minimum Gasteiger partial charge on any atom is -0.334 e. The molecule has 1 N–H and O–H groups in total. The molecule has 0 unspecified atom stereocenters. The molecule has 0 spiro atoms. The van der Waals surface area contributed by atoms with Gasteiger partial charge in [0.05, 0.1) is 6.07 Å². The molecule has 0 radical (unpaired) electrons. The van der Waals surface area contributed by atoms with E-state index in [0.29, 0.717) is 25.7 Å². The Bertz CT molecular complexity index is 628. The Morgan fingerprint density at radius 3 is 2.46 bits per heavy atom. The van der Waals surface area contributed by atoms with E-state index in [4.69, 9.17) is 5.26 Å². The number of nitrogens with one attached hydrogen (secondary N) is 1. The fraction of sp³-hybridized carbons (Fsp3) is 0.619. The minimum atomic E-state index is -0.0207. The number of carbonyl (C=O) groups excluding carboxylic acids is 1. The molecule has 2 heterocycles. The van der Waals surface area contributed by atoms with Crippen molar-refractivity contribution in [3.8, 4) is 6.07 Å². The van der Waals surface area contributed by atoms with Gasteiger partial charge in [-0.1, -0.05) is 30.7 Å². The quantitative estimate of drug-likeness (QED) is 0.900. The summed E-state index contributed by atoms with van der Waals surface area (Å²) in [5.41, 5.74) is 2.47. The second kappa shape index (κ2) is 9.05. The van der Waals surface area contributed by atoms with Crippen LogP contribution in [0.3, 0.4) is 0 Å². The molecule has 0 saturated carbocycles. The van der Waals surface area contributed by atoms with Gasteiger partial charge in [-0.25, -0.2) is 4.79 Å². The highest BCUT2D eigenvalue weighted by Gasteiger charge is 2.22. The smallest absolute Gasteiger partial charge is 0.317 e. The van der Waals surface area contributed by atoms with Gasteiger partial charge in [0.25, 0.3) is 0 Å². The van der Waals surface area contributed by atoms with Crippen LogP contribution in [0.15, 0.2) is 24.3 Å². The highest BCUT2D eigenvalue weighted by molar-refractivity contribution is 5.74. The van der Waals surface area contributed by atoms with E-state index in [1.165, 1.54) is 31.4 Å². The van der Waals surface area contributed by atoms with E-state index < -0.39 is 0 Å². The number of hydrogen-bond donors (Lipinski definition) is 1. The Labute approximate surface area is 157 Å². The van der Waals surface area contributed by atoms with Crippen LogP contribution in [-0.4, -0.2) is 41.5 Å². The molecular formula is C21H30N4O. The molecule has 0 bridgehead atoms. The molecule has 2 amide bonds. The van der Waals surface area contributed by atoms with E-state index in [1.54, 1.807) is 0 Å². The lowest BCUT2D eigenvalue weighted by atomic mass is 9.99. The molecule has 1 aromatic carbocycles. The molecule has 2 aliphatic heterocycles. The maximum atomic E-state index is 12.3. The Morgan fingerprint density at radius 2 is 1.81 bits per heavy atom. The Hall–Kier alpha value is -2.06. The van der Waals surface area contributed by atoms with E-state index in [2.05, 4.69) is 47.5 Å². The van der Waals surface area contributed by atoms with Gasteiger partial charge in [0.2, 0.25) is 0 Å². The summed E-state index contributed by atoms with van der Waals surface area (Å²) in [6.45, 7) is 6.44. The lowest BCUT2D eigenvalue weighted by Crippen LogP contribution is -2.44. The maximum absolute atomic E-state index is 12.3. The van der Waals surface area contributed by atoms with Crippen LogP contribution in [0.1, 0.15) is 50.2 Å². The van der Waals surface area contributed by atoms with E-state index >= 15 is 0 Å². The van der Waals surface area contributed by atoms with Crippen LogP contribution in [0, 0.1) is 17.2 Å². The number of nitrogens with zero attached hydrogens (tertiary/aromatic N) is 3. The highest BCUT2D eigenvalue weighted by Crippen LogP contribution is 2.19. The Balaban J connectivity index is 1.44. The van der Waals surface area contributed by atoms with Crippen molar-refractivity contribution in [1.29, 1.82) is 5.26 Å². The second-order valence-electron chi connectivity index (χ2n) is 7.68. The van der Waals surface area contributed by atoms with E-state index in [1.807, 2.05) is 4.90 Å². The summed E-state index contributed by atoms with van der Waals surface area (Å²) < 4.78 is 0. The number of hydrogen-bond acceptors (Lipinski definition) is 3. The van der Waals surface area contributed by atoms with Crippen molar-refractivity contribution >= 4 is 6.03 Å². The number of likely N-dealkylation sites (tertiary alicyclic amines) is 2. The molecule has 2 aliphatic rings. The molecule has 140 valence electrons. The number of carbonyl (C=O) groups is 1. The first-order chi connectivity index (χ1) is 12.7. The first kappa shape index (κ1) is 18.7. The van der Waals surface area contributed by atoms with Crippen LogP contribution >= 0.6 is 0 Å². The average molecular weight is 354 g/mol. The zero-order valence-corrected chi connectivity index (χ0v) is 15.8. The van der Waals surface area contributed by atoms with E-state index in [9.17, 15) is 4.79 Å². The average Bonchev–Trinajstić information content (AvgIpc) is 2.69. The van der Waals surface area contributed by atoms with Crippen molar-refractivity contribution in [1.82, 2.24) is 15.1 Å². The summed E-state index contributed by atoms with van der Waals surface area (Å²) in [5.74, 6) is 0.106. The van der Waals surface area contributed by atoms with Crippen molar-refractivity contribution in [2.45, 2.75) is 58.2 Å². The van der Waals surface area contributed by atoms with Gasteiger partial charge >= 0.3 is 6.03 Å². The van der Waals surface area contributed by atoms with Crippen LogP contribution in [0.25, 0.3) is 0 Å². The summed E-state index contributed by atoms with van der Waals surface area (Å²) >= 11 is 0. The topological polar surface area (TPSA) is 59.4 Å². The lowest BCUT2D eigenvalue weighted by Gasteiger charge is -2.33. The third-order valence-corrected chi connectivity index (χ3v) is 5.76. The minimum absolute atomic E-state index is 0.0207. The first-order valence-electron chi connectivity index (χ1n) is 9.90. The van der Waals surface area contributed by atoms with Gasteiger partial charge in [0, 0.05) is 38.1 Å². The number of nitriles is 1. The van der Waals surface area contributed by atoms with E-state index in [-0.39, 0.29) is 11.9 Å². The van der Waals surface area contributed by atoms with Gasteiger partial charge < -0.3 is 10.2 Å². The molecule has 1 atom stereocenters. The molecule has 5 nitrogen and oxygen atoms in total. The molecule has 0 aromatic heterocycles. The summed E-state index contributed by atoms with van der Waals surface area (Å²) in [5, 5.41) is 11.9. The fourth-order valence-electron chi connectivity index (χ4n) is 3.89. The van der Waals surface area contributed by atoms with E-state index in [0.717, 1.165) is 24.9 Å². The van der Waals surface area contributed by atoms with Gasteiger partial charge in [-0.3, -0.25) is 4.90 Å². The summed E-state index contributed by atoms with van der Waals surface area (Å²) in [4.78, 5) is 16.6. The summed E-state index contributed by atoms with van der Waals surface area (Å²) in [6.07, 6.45) is 5.53. The number of urea groups is 1. The normalized spacial score (nSPS) is 22.0. The van der Waals surface area contributed by atoms with Crippen molar-refractivity contribution in [2.24, 2.45) is 5.92 Å². The zero-order chi connectivity index (χ0) is 18.4. The van der Waals surface area contributed by atoms with Crippen LogP contribution in [0.4, 0.5) is 4.79 Å². The molecular weight excluding hydrogens is 324 g/mol. The van der Waals surface area contributed by atoms with Crippen molar-refractivity contribution in [2.75, 3.05) is 19.6 Å². The third kappa shape index (κ3) is 4.98. The Kier molecular flexibility index (Phi) is 6.51. The van der Waals surface area contributed by atoms with Gasteiger partial charge in [-0.05, 0) is 50.3 Å². The van der Waals surface area contributed by atoms with Crippen LogP contribution < -0.4 is 5.32 Å².